The molecule has 40 heavy (non-hydrogen) atoms. The van der Waals surface area contributed by atoms with E-state index in [9.17, 15) is 4.79 Å². The van der Waals surface area contributed by atoms with Gasteiger partial charge in [-0.05, 0) is 68.7 Å². The Balaban J connectivity index is 1.18. The molecule has 2 saturated carbocycles. The molecule has 3 aliphatic carbocycles. The molecule has 8 nitrogen and oxygen atoms in total. The van der Waals surface area contributed by atoms with Gasteiger partial charge >= 0.3 is 0 Å². The number of aryl methyl sites for hydroxylation is 1. The van der Waals surface area contributed by atoms with E-state index in [1.165, 1.54) is 10.4 Å². The summed E-state index contributed by atoms with van der Waals surface area (Å²) in [7, 11) is 1.61. The lowest BCUT2D eigenvalue weighted by Gasteiger charge is -2.21. The van der Waals surface area contributed by atoms with Crippen LogP contribution < -0.4 is 10.1 Å². The summed E-state index contributed by atoms with van der Waals surface area (Å²) in [6, 6.07) is 11.8. The fourth-order valence-corrected chi connectivity index (χ4v) is 7.99. The quantitative estimate of drug-likeness (QED) is 0.362. The average molecular weight is 571 g/mol. The van der Waals surface area contributed by atoms with Gasteiger partial charge in [-0.1, -0.05) is 29.8 Å². The van der Waals surface area contributed by atoms with Gasteiger partial charge in [-0.15, -0.1) is 21.5 Å². The number of benzene rings is 1. The van der Waals surface area contributed by atoms with Crippen molar-refractivity contribution < 1.29 is 9.53 Å². The fraction of sp³-hybridized carbons (Fsp3) is 0.367. The van der Waals surface area contributed by atoms with Gasteiger partial charge in [0.15, 0.2) is 5.82 Å². The highest BCUT2D eigenvalue weighted by Gasteiger charge is 2.53. The van der Waals surface area contributed by atoms with Crippen LogP contribution in [0.4, 0.5) is 0 Å². The Kier molecular flexibility index (Phi) is 5.14. The van der Waals surface area contributed by atoms with Crippen molar-refractivity contribution in [2.24, 2.45) is 10.9 Å². The van der Waals surface area contributed by atoms with Crippen molar-refractivity contribution in [1.82, 2.24) is 25.1 Å². The van der Waals surface area contributed by atoms with E-state index in [0.717, 1.165) is 64.7 Å². The summed E-state index contributed by atoms with van der Waals surface area (Å²) in [6.45, 7) is 2.00. The first-order chi connectivity index (χ1) is 19.4. The normalized spacial score (nSPS) is 20.7. The first kappa shape index (κ1) is 24.3. The molecule has 4 heterocycles. The smallest absolute Gasteiger partial charge is 0.224 e. The number of carbonyl (C=O) groups excluding carboxylic acids is 1. The molecule has 3 aromatic heterocycles. The van der Waals surface area contributed by atoms with Crippen LogP contribution in [0.15, 0.2) is 47.6 Å². The molecule has 0 saturated heterocycles. The van der Waals surface area contributed by atoms with E-state index in [2.05, 4.69) is 25.1 Å². The maximum Gasteiger partial charge on any atom is 0.224 e. The molecular formula is C30H27ClN6O2S. The highest BCUT2D eigenvalue weighted by molar-refractivity contribution is 7.15. The number of nitrogens with zero attached hydrogens (tertiary/aromatic N) is 5. The molecule has 8 rings (SSSR count). The molecule has 2 fully saturated rings. The van der Waals surface area contributed by atoms with Crippen LogP contribution in [0.25, 0.3) is 5.00 Å². The number of methoxy groups -OCH3 is 1. The molecule has 1 atom stereocenters. The van der Waals surface area contributed by atoms with Gasteiger partial charge in [0, 0.05) is 39.2 Å². The van der Waals surface area contributed by atoms with E-state index in [0.29, 0.717) is 23.7 Å². The van der Waals surface area contributed by atoms with Gasteiger partial charge < -0.3 is 10.1 Å². The maximum atomic E-state index is 13.7. The molecule has 1 amide bonds. The summed E-state index contributed by atoms with van der Waals surface area (Å²) in [6.07, 6.45) is 6.80. The monoisotopic (exact) mass is 570 g/mol. The zero-order valence-electron chi connectivity index (χ0n) is 22.2. The molecule has 4 aliphatic rings. The van der Waals surface area contributed by atoms with Crippen LogP contribution in [0.5, 0.6) is 5.88 Å². The number of ether oxygens (including phenoxy) is 1. The van der Waals surface area contributed by atoms with Crippen LogP contribution in [0.2, 0.25) is 5.02 Å². The molecular weight excluding hydrogens is 544 g/mol. The second kappa shape index (κ2) is 8.47. The lowest BCUT2D eigenvalue weighted by Crippen LogP contribution is -2.39. The predicted molar refractivity (Wildman–Crippen MR) is 153 cm³/mol. The van der Waals surface area contributed by atoms with Crippen LogP contribution in [0, 0.1) is 12.8 Å². The van der Waals surface area contributed by atoms with Crippen molar-refractivity contribution in [3.05, 3.63) is 86.4 Å². The lowest BCUT2D eigenvalue weighted by atomic mass is 9.96. The Morgan fingerprint density at radius 2 is 1.98 bits per heavy atom. The largest absolute Gasteiger partial charge is 0.481 e. The Labute approximate surface area is 240 Å². The molecule has 1 spiro atoms. The number of aromatic nitrogens is 4. The van der Waals surface area contributed by atoms with Crippen LogP contribution >= 0.6 is 22.9 Å². The number of rotatable bonds is 5. The number of carbonyl (C=O) groups is 1. The van der Waals surface area contributed by atoms with Gasteiger partial charge in [-0.25, -0.2) is 4.98 Å². The standard InChI is InChI=1S/C30H27ClN6O2S/c1-16-35-36-28-30(10-11-30)33-25(19-5-3-4-6-21(19)31)24-20-13-17(14-22(20)40-27(24)37(16)28)26(38)34-29(8-9-29)18-7-12-32-23(15-18)39-2/h3-7,12,15,17H,8-11,13-14H2,1-2H3,(H,34,38)/t17-/m0/s1. The minimum Gasteiger partial charge on any atom is -0.481 e. The third kappa shape index (κ3) is 3.53. The average Bonchev–Trinajstić information content (AvgIpc) is 3.80. The number of halogens is 1. The number of nitrogens with one attached hydrogen (secondary N) is 1. The molecule has 4 aromatic rings. The topological polar surface area (TPSA) is 94.3 Å². The van der Waals surface area contributed by atoms with E-state index < -0.39 is 0 Å². The second-order valence-electron chi connectivity index (χ2n) is 11.3. The molecule has 1 aliphatic heterocycles. The summed E-state index contributed by atoms with van der Waals surface area (Å²) in [5.41, 5.74) is 4.45. The van der Waals surface area contributed by atoms with Crippen molar-refractivity contribution in [2.75, 3.05) is 7.11 Å². The van der Waals surface area contributed by atoms with E-state index in [1.807, 2.05) is 43.3 Å². The maximum absolute atomic E-state index is 13.7. The minimum atomic E-state index is -0.374. The summed E-state index contributed by atoms with van der Waals surface area (Å²) in [5.74, 6) is 2.28. The zero-order chi connectivity index (χ0) is 27.2. The van der Waals surface area contributed by atoms with Crippen molar-refractivity contribution in [2.45, 2.75) is 56.5 Å². The van der Waals surface area contributed by atoms with Gasteiger partial charge in [0.05, 0.1) is 18.4 Å². The summed E-state index contributed by atoms with van der Waals surface area (Å²) >= 11 is 8.52. The number of thiophene rings is 1. The molecule has 10 heteroatoms. The van der Waals surface area contributed by atoms with Crippen molar-refractivity contribution >= 4 is 34.6 Å². The third-order valence-corrected chi connectivity index (χ3v) is 10.4. The van der Waals surface area contributed by atoms with Crippen molar-refractivity contribution in [3.63, 3.8) is 0 Å². The number of hydrogen-bond donors (Lipinski definition) is 1. The Morgan fingerprint density at radius 3 is 2.73 bits per heavy atom. The van der Waals surface area contributed by atoms with Crippen molar-refractivity contribution in [1.29, 1.82) is 0 Å². The summed E-state index contributed by atoms with van der Waals surface area (Å²) in [5, 5.41) is 14.2. The molecule has 0 radical (unpaired) electrons. The van der Waals surface area contributed by atoms with Gasteiger partial charge in [-0.3, -0.25) is 14.4 Å². The number of amides is 1. The van der Waals surface area contributed by atoms with Crippen LogP contribution in [0.3, 0.4) is 0 Å². The summed E-state index contributed by atoms with van der Waals surface area (Å²) < 4.78 is 7.52. The Hall–Kier alpha value is -3.56. The van der Waals surface area contributed by atoms with Gasteiger partial charge in [0.1, 0.15) is 16.4 Å². The first-order valence-corrected chi connectivity index (χ1v) is 14.9. The van der Waals surface area contributed by atoms with E-state index in [1.54, 1.807) is 24.6 Å². The van der Waals surface area contributed by atoms with E-state index in [4.69, 9.17) is 21.3 Å². The van der Waals surface area contributed by atoms with Crippen molar-refractivity contribution in [3.8, 4) is 10.9 Å². The SMILES string of the molecule is COc1cc(C2(NC(=O)[C@@H]3Cc4sc5c(c4C3)C(c3ccccc3Cl)=NC3(CC3)c3nnc(C)n3-5)CC2)ccn1. The highest BCUT2D eigenvalue weighted by Crippen LogP contribution is 2.54. The molecule has 0 unspecified atom stereocenters. The third-order valence-electron chi connectivity index (χ3n) is 8.79. The zero-order valence-corrected chi connectivity index (χ0v) is 23.8. The summed E-state index contributed by atoms with van der Waals surface area (Å²) in [4.78, 5) is 24.6. The Morgan fingerprint density at radius 1 is 1.15 bits per heavy atom. The lowest BCUT2D eigenvalue weighted by molar-refractivity contribution is -0.125. The Bertz CT molecular complexity index is 1750. The number of fused-ring (bicyclic) bond motifs is 6. The fourth-order valence-electron chi connectivity index (χ4n) is 6.30. The number of aliphatic imine (C=N–C) groups is 1. The molecule has 1 N–H and O–H groups in total. The molecule has 202 valence electrons. The molecule has 1 aromatic carbocycles. The predicted octanol–water partition coefficient (Wildman–Crippen LogP) is 5.05. The molecule has 0 bridgehead atoms. The van der Waals surface area contributed by atoms with Crippen LogP contribution in [-0.2, 0) is 28.7 Å². The van der Waals surface area contributed by atoms with Crippen LogP contribution in [0.1, 0.15) is 64.5 Å². The van der Waals surface area contributed by atoms with Gasteiger partial charge in [-0.2, -0.15) is 0 Å². The van der Waals surface area contributed by atoms with E-state index in [-0.39, 0.29) is 22.9 Å². The first-order valence-electron chi connectivity index (χ1n) is 13.7. The second-order valence-corrected chi connectivity index (χ2v) is 12.8. The van der Waals surface area contributed by atoms with Gasteiger partial charge in [0.2, 0.25) is 11.8 Å². The minimum absolute atomic E-state index is 0.0927. The van der Waals surface area contributed by atoms with E-state index >= 15 is 0 Å². The van der Waals surface area contributed by atoms with Gasteiger partial charge in [0.25, 0.3) is 0 Å². The number of hydrogen-bond acceptors (Lipinski definition) is 7. The highest BCUT2D eigenvalue weighted by atomic mass is 35.5. The number of pyridine rings is 1. The van der Waals surface area contributed by atoms with Crippen LogP contribution in [-0.4, -0.2) is 38.5 Å².